The Hall–Kier alpha value is -0.0800. The first-order valence-corrected chi connectivity index (χ1v) is 6.13. The van der Waals surface area contributed by atoms with Crippen LogP contribution in [0.25, 0.3) is 0 Å². The minimum atomic E-state index is -0.529. The Kier molecular flexibility index (Phi) is 6.46. The van der Waals surface area contributed by atoms with E-state index in [0.29, 0.717) is 0 Å². The molecule has 1 N–H and O–H groups in total. The smallest absolute Gasteiger partial charge is 0.0626 e. The van der Waals surface area contributed by atoms with Gasteiger partial charge in [-0.05, 0) is 53.4 Å². The highest BCUT2D eigenvalue weighted by atomic mass is 16.5. The van der Waals surface area contributed by atoms with Crippen LogP contribution in [-0.4, -0.2) is 22.9 Å². The first-order valence-electron chi connectivity index (χ1n) is 6.13. The van der Waals surface area contributed by atoms with Crippen LogP contribution >= 0.6 is 0 Å². The van der Waals surface area contributed by atoms with Crippen molar-refractivity contribution >= 4 is 0 Å². The van der Waals surface area contributed by atoms with Crippen molar-refractivity contribution in [3.8, 4) is 0 Å². The molecule has 0 spiro atoms. The second kappa shape index (κ2) is 6.49. The molecule has 0 rings (SSSR count). The van der Waals surface area contributed by atoms with E-state index >= 15 is 0 Å². The highest BCUT2D eigenvalue weighted by Gasteiger charge is 2.16. The normalized spacial score (nSPS) is 13.2. The van der Waals surface area contributed by atoms with Gasteiger partial charge < -0.3 is 9.84 Å². The van der Waals surface area contributed by atoms with Crippen LogP contribution in [0.1, 0.15) is 66.7 Å². The van der Waals surface area contributed by atoms with E-state index in [-0.39, 0.29) is 5.60 Å². The summed E-state index contributed by atoms with van der Waals surface area (Å²) in [4.78, 5) is 0. The SMILES string of the molecule is CCCC(C)(C)OCCCCC(C)(C)O. The van der Waals surface area contributed by atoms with Gasteiger partial charge >= 0.3 is 0 Å². The largest absolute Gasteiger partial charge is 0.390 e. The number of unbranched alkanes of at least 4 members (excludes halogenated alkanes) is 1. The zero-order chi connectivity index (χ0) is 11.9. The van der Waals surface area contributed by atoms with Crippen LogP contribution < -0.4 is 0 Å². The van der Waals surface area contributed by atoms with Gasteiger partial charge in [-0.15, -0.1) is 0 Å². The van der Waals surface area contributed by atoms with Crippen LogP contribution in [0, 0.1) is 0 Å². The summed E-state index contributed by atoms with van der Waals surface area (Å²) in [5.74, 6) is 0. The summed E-state index contributed by atoms with van der Waals surface area (Å²) in [5, 5.41) is 9.52. The lowest BCUT2D eigenvalue weighted by Crippen LogP contribution is -2.25. The fourth-order valence-electron chi connectivity index (χ4n) is 1.68. The number of ether oxygens (including phenoxy) is 1. The summed E-state index contributed by atoms with van der Waals surface area (Å²) in [5.41, 5.74) is -0.511. The highest BCUT2D eigenvalue weighted by molar-refractivity contribution is 4.68. The Balaban J connectivity index is 3.46. The summed E-state index contributed by atoms with van der Waals surface area (Å²) in [7, 11) is 0. The van der Waals surface area contributed by atoms with Crippen molar-refractivity contribution in [2.45, 2.75) is 77.9 Å². The van der Waals surface area contributed by atoms with Crippen molar-refractivity contribution < 1.29 is 9.84 Å². The minimum absolute atomic E-state index is 0.0173. The highest BCUT2D eigenvalue weighted by Crippen LogP contribution is 2.18. The summed E-state index contributed by atoms with van der Waals surface area (Å²) in [6.45, 7) is 11.0. The van der Waals surface area contributed by atoms with E-state index in [0.717, 1.165) is 38.7 Å². The first kappa shape index (κ1) is 14.9. The van der Waals surface area contributed by atoms with Gasteiger partial charge in [-0.1, -0.05) is 13.3 Å². The number of hydrogen-bond acceptors (Lipinski definition) is 2. The Morgan fingerprint density at radius 1 is 1.00 bits per heavy atom. The zero-order valence-electron chi connectivity index (χ0n) is 11.1. The van der Waals surface area contributed by atoms with Gasteiger partial charge in [-0.3, -0.25) is 0 Å². The number of aliphatic hydroxyl groups is 1. The van der Waals surface area contributed by atoms with Crippen LogP contribution in [0.2, 0.25) is 0 Å². The summed E-state index contributed by atoms with van der Waals surface area (Å²) >= 11 is 0. The van der Waals surface area contributed by atoms with Gasteiger partial charge in [0.25, 0.3) is 0 Å². The average molecular weight is 216 g/mol. The zero-order valence-corrected chi connectivity index (χ0v) is 11.1. The molecule has 0 amide bonds. The second-order valence-corrected chi connectivity index (χ2v) is 5.63. The molecule has 2 nitrogen and oxygen atoms in total. The molecule has 92 valence electrons. The van der Waals surface area contributed by atoms with E-state index in [4.69, 9.17) is 4.74 Å². The topological polar surface area (TPSA) is 29.5 Å². The van der Waals surface area contributed by atoms with E-state index in [1.54, 1.807) is 0 Å². The molecule has 0 heterocycles. The van der Waals surface area contributed by atoms with E-state index in [1.807, 2.05) is 13.8 Å². The van der Waals surface area contributed by atoms with E-state index in [2.05, 4.69) is 20.8 Å². The molecule has 0 aliphatic rings. The van der Waals surface area contributed by atoms with Crippen LogP contribution in [0.4, 0.5) is 0 Å². The second-order valence-electron chi connectivity index (χ2n) is 5.63. The van der Waals surface area contributed by atoms with E-state index < -0.39 is 5.60 Å². The van der Waals surface area contributed by atoms with Gasteiger partial charge in [0.1, 0.15) is 0 Å². The molecule has 0 aromatic carbocycles. The Morgan fingerprint density at radius 3 is 2.07 bits per heavy atom. The molecule has 0 unspecified atom stereocenters. The molecule has 0 aromatic rings. The molecule has 0 saturated carbocycles. The van der Waals surface area contributed by atoms with Crippen LogP contribution in [-0.2, 0) is 4.74 Å². The van der Waals surface area contributed by atoms with Crippen molar-refractivity contribution in [2.75, 3.05) is 6.61 Å². The molecule has 15 heavy (non-hydrogen) atoms. The van der Waals surface area contributed by atoms with Crippen LogP contribution in [0.3, 0.4) is 0 Å². The van der Waals surface area contributed by atoms with Crippen LogP contribution in [0.15, 0.2) is 0 Å². The Labute approximate surface area is 95.0 Å². The first-order chi connectivity index (χ1) is 6.77. The van der Waals surface area contributed by atoms with Gasteiger partial charge in [0.2, 0.25) is 0 Å². The quantitative estimate of drug-likeness (QED) is 0.629. The predicted octanol–water partition coefficient (Wildman–Crippen LogP) is 3.52. The molecule has 0 aromatic heterocycles. The van der Waals surface area contributed by atoms with E-state index in [9.17, 15) is 5.11 Å². The standard InChI is InChI=1S/C13H28O2/c1-6-9-13(4,5)15-11-8-7-10-12(2,3)14/h14H,6-11H2,1-5H3. The fourth-order valence-corrected chi connectivity index (χ4v) is 1.68. The van der Waals surface area contributed by atoms with E-state index in [1.165, 1.54) is 0 Å². The minimum Gasteiger partial charge on any atom is -0.390 e. The summed E-state index contributed by atoms with van der Waals surface area (Å²) in [6.07, 6.45) is 5.20. The molecule has 0 aliphatic heterocycles. The summed E-state index contributed by atoms with van der Waals surface area (Å²) < 4.78 is 5.80. The Bertz CT molecular complexity index is 156. The lowest BCUT2D eigenvalue weighted by molar-refractivity contribution is -0.0273. The van der Waals surface area contributed by atoms with Gasteiger partial charge in [0, 0.05) is 6.61 Å². The molecular weight excluding hydrogens is 188 g/mol. The van der Waals surface area contributed by atoms with Gasteiger partial charge in [-0.2, -0.15) is 0 Å². The maximum Gasteiger partial charge on any atom is 0.0626 e. The lowest BCUT2D eigenvalue weighted by Gasteiger charge is -2.25. The van der Waals surface area contributed by atoms with Gasteiger partial charge in [-0.25, -0.2) is 0 Å². The maximum atomic E-state index is 9.52. The fraction of sp³-hybridized carbons (Fsp3) is 1.00. The number of hydrogen-bond donors (Lipinski definition) is 1. The third kappa shape index (κ3) is 10.2. The molecule has 0 fully saturated rings. The summed E-state index contributed by atoms with van der Waals surface area (Å²) in [6, 6.07) is 0. The average Bonchev–Trinajstić information content (AvgIpc) is 2.00. The molecule has 0 bridgehead atoms. The third-order valence-corrected chi connectivity index (χ3v) is 2.53. The molecule has 2 heteroatoms. The third-order valence-electron chi connectivity index (χ3n) is 2.53. The molecule has 0 saturated heterocycles. The van der Waals surface area contributed by atoms with Crippen molar-refractivity contribution in [1.29, 1.82) is 0 Å². The maximum absolute atomic E-state index is 9.52. The van der Waals surface area contributed by atoms with Crippen molar-refractivity contribution in [3.63, 3.8) is 0 Å². The predicted molar refractivity (Wildman–Crippen MR) is 65.1 cm³/mol. The van der Waals surface area contributed by atoms with Gasteiger partial charge in [0.15, 0.2) is 0 Å². The van der Waals surface area contributed by atoms with Crippen molar-refractivity contribution in [1.82, 2.24) is 0 Å². The lowest BCUT2D eigenvalue weighted by atomic mass is 10.0. The van der Waals surface area contributed by atoms with Crippen molar-refractivity contribution in [3.05, 3.63) is 0 Å². The molecular formula is C13H28O2. The van der Waals surface area contributed by atoms with Crippen molar-refractivity contribution in [2.24, 2.45) is 0 Å². The monoisotopic (exact) mass is 216 g/mol. The molecule has 0 aliphatic carbocycles. The number of rotatable bonds is 8. The molecule has 0 radical (unpaired) electrons. The van der Waals surface area contributed by atoms with Crippen LogP contribution in [0.5, 0.6) is 0 Å². The molecule has 0 atom stereocenters. The Morgan fingerprint density at radius 2 is 1.60 bits per heavy atom. The van der Waals surface area contributed by atoms with Gasteiger partial charge in [0.05, 0.1) is 11.2 Å².